The Morgan fingerprint density at radius 3 is 2.83 bits per heavy atom. The number of nitrogens with zero attached hydrogens (tertiary/aromatic N) is 2. The van der Waals surface area contributed by atoms with E-state index >= 15 is 0 Å². The van der Waals surface area contributed by atoms with E-state index in [9.17, 15) is 14.4 Å². The molecule has 7 nitrogen and oxygen atoms in total. The molecule has 2 rings (SSSR count). The van der Waals surface area contributed by atoms with Crippen molar-refractivity contribution in [2.24, 2.45) is 0 Å². The van der Waals surface area contributed by atoms with Crippen molar-refractivity contribution in [2.45, 2.75) is 13.3 Å². The molecule has 2 N–H and O–H groups in total. The molecule has 2 aromatic rings. The van der Waals surface area contributed by atoms with Crippen molar-refractivity contribution >= 4 is 23.3 Å². The van der Waals surface area contributed by atoms with Gasteiger partial charge in [-0.15, -0.1) is 0 Å². The Kier molecular flexibility index (Phi) is 2.92. The standard InChI is InChI=1S/C10H8ClN3O4/c1-4-5(2-8(16)17)9(18)14-6(11)3-7(15)13-10(14)12-4/h3H,2H2,1H3,(H,16,17)(H,12,13,15). The van der Waals surface area contributed by atoms with Crippen molar-refractivity contribution < 1.29 is 9.90 Å². The van der Waals surface area contributed by atoms with Gasteiger partial charge in [0.2, 0.25) is 5.78 Å². The third-order valence-electron chi connectivity index (χ3n) is 2.41. The van der Waals surface area contributed by atoms with Crippen LogP contribution in [0.2, 0.25) is 5.15 Å². The molecule has 18 heavy (non-hydrogen) atoms. The number of carboxylic acids is 1. The summed E-state index contributed by atoms with van der Waals surface area (Å²) in [6.07, 6.45) is -0.448. The average Bonchev–Trinajstić information content (AvgIpc) is 2.22. The van der Waals surface area contributed by atoms with Crippen LogP contribution in [0.5, 0.6) is 0 Å². The maximum Gasteiger partial charge on any atom is 0.308 e. The molecule has 0 spiro atoms. The van der Waals surface area contributed by atoms with Crippen LogP contribution < -0.4 is 11.1 Å². The van der Waals surface area contributed by atoms with Gasteiger partial charge in [0, 0.05) is 6.07 Å². The van der Waals surface area contributed by atoms with Crippen LogP contribution in [-0.4, -0.2) is 25.4 Å². The maximum absolute atomic E-state index is 12.1. The van der Waals surface area contributed by atoms with Gasteiger partial charge in [0.15, 0.2) is 0 Å². The number of halogens is 1. The monoisotopic (exact) mass is 269 g/mol. The van der Waals surface area contributed by atoms with E-state index in [0.29, 0.717) is 0 Å². The van der Waals surface area contributed by atoms with E-state index in [1.165, 1.54) is 6.92 Å². The number of hydrogen-bond donors (Lipinski definition) is 2. The zero-order chi connectivity index (χ0) is 13.4. The summed E-state index contributed by atoms with van der Waals surface area (Å²) in [7, 11) is 0. The van der Waals surface area contributed by atoms with Crippen LogP contribution in [0.3, 0.4) is 0 Å². The number of H-pyrrole nitrogens is 1. The maximum atomic E-state index is 12.1. The molecule has 0 aliphatic heterocycles. The number of fused-ring (bicyclic) bond motifs is 1. The average molecular weight is 270 g/mol. The summed E-state index contributed by atoms with van der Waals surface area (Å²) >= 11 is 5.78. The number of aromatic nitrogens is 3. The van der Waals surface area contributed by atoms with Gasteiger partial charge in [-0.1, -0.05) is 11.6 Å². The quantitative estimate of drug-likeness (QED) is 0.745. The first-order valence-corrected chi connectivity index (χ1v) is 5.31. The summed E-state index contributed by atoms with van der Waals surface area (Å²) in [4.78, 5) is 40.3. The second kappa shape index (κ2) is 4.26. The van der Waals surface area contributed by atoms with Crippen molar-refractivity contribution in [3.8, 4) is 0 Å². The van der Waals surface area contributed by atoms with Gasteiger partial charge in [0.25, 0.3) is 11.1 Å². The number of aryl methyl sites for hydroxylation is 1. The first kappa shape index (κ1) is 12.3. The van der Waals surface area contributed by atoms with Gasteiger partial charge in [0.05, 0.1) is 17.7 Å². The Balaban J connectivity index is 2.89. The molecule has 0 radical (unpaired) electrons. The molecule has 0 atom stereocenters. The van der Waals surface area contributed by atoms with Crippen LogP contribution in [0.15, 0.2) is 15.7 Å². The SMILES string of the molecule is Cc1nc2[nH]c(=O)cc(Cl)n2c(=O)c1CC(=O)O. The van der Waals surface area contributed by atoms with Crippen molar-refractivity contribution in [1.29, 1.82) is 0 Å². The van der Waals surface area contributed by atoms with Crippen molar-refractivity contribution in [3.63, 3.8) is 0 Å². The highest BCUT2D eigenvalue weighted by Crippen LogP contribution is 2.07. The van der Waals surface area contributed by atoms with Crippen LogP contribution in [0.1, 0.15) is 11.3 Å². The first-order valence-electron chi connectivity index (χ1n) is 4.93. The minimum absolute atomic E-state index is 0.0101. The Morgan fingerprint density at radius 2 is 2.22 bits per heavy atom. The van der Waals surface area contributed by atoms with Gasteiger partial charge in [-0.25, -0.2) is 9.38 Å². The van der Waals surface area contributed by atoms with Crippen LogP contribution in [0, 0.1) is 6.92 Å². The summed E-state index contributed by atoms with van der Waals surface area (Å²) in [6, 6.07) is 1.03. The lowest BCUT2D eigenvalue weighted by atomic mass is 10.2. The molecular formula is C10H8ClN3O4. The smallest absolute Gasteiger partial charge is 0.308 e. The minimum atomic E-state index is -1.14. The van der Waals surface area contributed by atoms with E-state index in [1.54, 1.807) is 0 Å². The molecule has 2 aromatic heterocycles. The molecule has 0 saturated carbocycles. The van der Waals surface area contributed by atoms with E-state index < -0.39 is 23.5 Å². The topological polar surface area (TPSA) is 105 Å². The second-order valence-electron chi connectivity index (χ2n) is 3.67. The fourth-order valence-corrected chi connectivity index (χ4v) is 1.87. The largest absolute Gasteiger partial charge is 0.481 e. The lowest BCUT2D eigenvalue weighted by Gasteiger charge is -2.06. The number of carboxylic acid groups (broad SMARTS) is 1. The molecule has 8 heteroatoms. The van der Waals surface area contributed by atoms with Gasteiger partial charge >= 0.3 is 5.97 Å². The van der Waals surface area contributed by atoms with Crippen molar-refractivity contribution in [3.05, 3.63) is 43.2 Å². The first-order chi connectivity index (χ1) is 8.40. The van der Waals surface area contributed by atoms with Gasteiger partial charge in [-0.2, -0.15) is 0 Å². The highest BCUT2D eigenvalue weighted by atomic mass is 35.5. The van der Waals surface area contributed by atoms with E-state index in [0.717, 1.165) is 10.5 Å². The van der Waals surface area contributed by atoms with Crippen LogP contribution in [0.4, 0.5) is 0 Å². The molecule has 0 aromatic carbocycles. The zero-order valence-electron chi connectivity index (χ0n) is 9.23. The molecule has 94 valence electrons. The van der Waals surface area contributed by atoms with Crippen molar-refractivity contribution in [2.75, 3.05) is 0 Å². The summed E-state index contributed by atoms with van der Waals surface area (Å²) in [5.41, 5.74) is -0.798. The Morgan fingerprint density at radius 1 is 1.56 bits per heavy atom. The lowest BCUT2D eigenvalue weighted by Crippen LogP contribution is -2.27. The van der Waals surface area contributed by atoms with E-state index in [-0.39, 0.29) is 22.2 Å². The van der Waals surface area contributed by atoms with E-state index in [2.05, 4.69) is 9.97 Å². The minimum Gasteiger partial charge on any atom is -0.481 e. The van der Waals surface area contributed by atoms with Gasteiger partial charge in [-0.05, 0) is 6.92 Å². The van der Waals surface area contributed by atoms with Gasteiger partial charge in [-0.3, -0.25) is 19.4 Å². The number of hydrogen-bond acceptors (Lipinski definition) is 4. The molecule has 2 heterocycles. The Labute approximate surface area is 105 Å². The molecular weight excluding hydrogens is 262 g/mol. The summed E-state index contributed by atoms with van der Waals surface area (Å²) < 4.78 is 0.966. The summed E-state index contributed by atoms with van der Waals surface area (Å²) in [5.74, 6) is -1.15. The van der Waals surface area contributed by atoms with Crippen LogP contribution in [0.25, 0.3) is 5.78 Å². The second-order valence-corrected chi connectivity index (χ2v) is 4.05. The highest BCUT2D eigenvalue weighted by Gasteiger charge is 2.15. The number of rotatable bonds is 2. The normalized spacial score (nSPS) is 10.8. The summed E-state index contributed by atoms with van der Waals surface area (Å²) in [6.45, 7) is 1.50. The number of aromatic amines is 1. The highest BCUT2D eigenvalue weighted by molar-refractivity contribution is 6.29. The predicted octanol–water partition coefficient (Wildman–Crippen LogP) is -0.0283. The number of nitrogens with one attached hydrogen (secondary N) is 1. The lowest BCUT2D eigenvalue weighted by molar-refractivity contribution is -0.136. The van der Waals surface area contributed by atoms with Crippen molar-refractivity contribution in [1.82, 2.24) is 14.4 Å². The molecule has 0 aliphatic carbocycles. The molecule has 0 unspecified atom stereocenters. The molecule has 0 fully saturated rings. The molecule has 0 bridgehead atoms. The van der Waals surface area contributed by atoms with E-state index in [4.69, 9.17) is 16.7 Å². The predicted molar refractivity (Wildman–Crippen MR) is 63.2 cm³/mol. The zero-order valence-corrected chi connectivity index (χ0v) is 9.98. The third-order valence-corrected chi connectivity index (χ3v) is 2.69. The van der Waals surface area contributed by atoms with E-state index in [1.807, 2.05) is 0 Å². The molecule has 0 saturated heterocycles. The fourth-order valence-electron chi connectivity index (χ4n) is 1.62. The number of carbonyl (C=O) groups is 1. The third kappa shape index (κ3) is 2.00. The van der Waals surface area contributed by atoms with Crippen LogP contribution >= 0.6 is 11.6 Å². The molecule has 0 aliphatic rings. The van der Waals surface area contributed by atoms with Gasteiger partial charge < -0.3 is 5.11 Å². The van der Waals surface area contributed by atoms with Gasteiger partial charge in [0.1, 0.15) is 5.15 Å². The van der Waals surface area contributed by atoms with Crippen LogP contribution in [-0.2, 0) is 11.2 Å². The Bertz CT molecular complexity index is 762. The number of aliphatic carboxylic acids is 1. The molecule has 0 amide bonds. The Hall–Kier alpha value is -2.15. The fraction of sp³-hybridized carbons (Fsp3) is 0.200. The summed E-state index contributed by atoms with van der Waals surface area (Å²) in [5, 5.41) is 8.62.